The van der Waals surface area contributed by atoms with Crippen LogP contribution in [-0.2, 0) is 10.5 Å². The van der Waals surface area contributed by atoms with Crippen molar-refractivity contribution >= 4 is 11.6 Å². The molecule has 1 aliphatic rings. The molecule has 0 saturated carbocycles. The van der Waals surface area contributed by atoms with Gasteiger partial charge in [0, 0.05) is 5.56 Å². The summed E-state index contributed by atoms with van der Waals surface area (Å²) in [6.07, 6.45) is -1.77. The largest absolute Gasteiger partial charge is 0.394 e. The van der Waals surface area contributed by atoms with E-state index in [1.54, 1.807) is 18.2 Å². The first-order chi connectivity index (χ1) is 14.2. The Kier molecular flexibility index (Phi) is 6.04. The predicted molar refractivity (Wildman–Crippen MR) is 104 cm³/mol. The van der Waals surface area contributed by atoms with Gasteiger partial charge in [-0.25, -0.2) is 9.18 Å². The van der Waals surface area contributed by atoms with Crippen LogP contribution in [0.1, 0.15) is 36.5 Å². The number of halogens is 1. The monoisotopic (exact) mass is 421 g/mol. The lowest BCUT2D eigenvalue weighted by atomic mass is 9.77. The van der Waals surface area contributed by atoms with Gasteiger partial charge in [-0.15, -0.1) is 0 Å². The number of aromatic nitrogens is 2. The minimum absolute atomic E-state index is 0.0438. The van der Waals surface area contributed by atoms with Gasteiger partial charge < -0.3 is 25.8 Å². The highest BCUT2D eigenvalue weighted by Gasteiger charge is 2.70. The molecule has 2 heterocycles. The number of hydrogen-bond donors (Lipinski definition) is 4. The summed E-state index contributed by atoms with van der Waals surface area (Å²) in [6.45, 7) is 1.07. The van der Waals surface area contributed by atoms with Gasteiger partial charge in [0.05, 0.1) is 12.8 Å². The minimum Gasteiger partial charge on any atom is -0.394 e. The van der Waals surface area contributed by atoms with Crippen LogP contribution in [0.4, 0.5) is 10.2 Å². The number of aliphatic hydroxyl groups is 3. The number of anilines is 1. The van der Waals surface area contributed by atoms with Gasteiger partial charge in [-0.2, -0.15) is 4.98 Å². The summed E-state index contributed by atoms with van der Waals surface area (Å²) in [5.74, 6) is -2.70. The Morgan fingerprint density at radius 1 is 1.37 bits per heavy atom. The Labute approximate surface area is 171 Å². The van der Waals surface area contributed by atoms with Crippen molar-refractivity contribution in [1.82, 2.24) is 9.55 Å². The number of ether oxygens (including phenoxy) is 1. The molecule has 0 aliphatic carbocycles. The van der Waals surface area contributed by atoms with E-state index in [1.807, 2.05) is 6.92 Å². The van der Waals surface area contributed by atoms with Gasteiger partial charge in [-0.3, -0.25) is 9.36 Å². The number of benzene rings is 1. The summed E-state index contributed by atoms with van der Waals surface area (Å²) in [4.78, 5) is 29.8. The van der Waals surface area contributed by atoms with E-state index in [4.69, 9.17) is 10.5 Å². The van der Waals surface area contributed by atoms with Crippen molar-refractivity contribution in [3.05, 3.63) is 58.4 Å². The van der Waals surface area contributed by atoms with Crippen LogP contribution in [0, 0.1) is 5.82 Å². The summed E-state index contributed by atoms with van der Waals surface area (Å²) in [7, 11) is 0. The molecule has 5 N–H and O–H groups in total. The number of aliphatic hydroxyl groups excluding tert-OH is 2. The van der Waals surface area contributed by atoms with Gasteiger partial charge in [0.2, 0.25) is 11.5 Å². The van der Waals surface area contributed by atoms with Crippen LogP contribution in [0.5, 0.6) is 0 Å². The molecule has 0 radical (unpaired) electrons. The second-order valence-corrected chi connectivity index (χ2v) is 7.28. The summed E-state index contributed by atoms with van der Waals surface area (Å²) >= 11 is 0. The Bertz CT molecular complexity index is 984. The number of ketones is 1. The first-order valence-corrected chi connectivity index (χ1v) is 9.57. The molecule has 10 heteroatoms. The lowest BCUT2D eigenvalue weighted by Crippen LogP contribution is -2.64. The maximum atomic E-state index is 14.3. The van der Waals surface area contributed by atoms with Crippen LogP contribution in [-0.4, -0.2) is 55.1 Å². The Balaban J connectivity index is 2.36. The maximum absolute atomic E-state index is 14.3. The molecular weight excluding hydrogens is 397 g/mol. The van der Waals surface area contributed by atoms with E-state index in [0.717, 1.165) is 0 Å². The maximum Gasteiger partial charge on any atom is 0.352 e. The average molecular weight is 421 g/mol. The number of rotatable bonds is 7. The summed E-state index contributed by atoms with van der Waals surface area (Å²) in [6, 6.07) is 7.64. The first kappa shape index (κ1) is 22.0. The van der Waals surface area contributed by atoms with E-state index in [2.05, 4.69) is 4.98 Å². The quantitative estimate of drug-likeness (QED) is 0.463. The molecule has 1 aliphatic heterocycles. The first-order valence-electron chi connectivity index (χ1n) is 9.57. The summed E-state index contributed by atoms with van der Waals surface area (Å²) in [5, 5.41) is 32.1. The lowest BCUT2D eigenvalue weighted by molar-refractivity contribution is -0.169. The van der Waals surface area contributed by atoms with Gasteiger partial charge >= 0.3 is 5.69 Å². The molecule has 0 bridgehead atoms. The molecule has 1 saturated heterocycles. The Morgan fingerprint density at radius 2 is 2.03 bits per heavy atom. The summed E-state index contributed by atoms with van der Waals surface area (Å²) < 4.78 is 20.6. The fourth-order valence-corrected chi connectivity index (χ4v) is 3.87. The third-order valence-corrected chi connectivity index (χ3v) is 5.43. The standard InChI is InChI=1S/C20H24FN3O6/c1-2-3-9-19(29)16(27)14(11-25)30-20(19,15(26)12-7-5-4-6-8-12)24-10-13(21)17(22)23-18(24)28/h4-8,10,14,16,25,27,29H,2-3,9,11H2,1H3,(H2,22,23,28)/t14-,16-,19-,20-/m1/s1. The van der Waals surface area contributed by atoms with Crippen LogP contribution in [0.15, 0.2) is 41.3 Å². The number of unbranched alkanes of at least 4 members (excludes halogenated alkanes) is 1. The number of nitrogens with two attached hydrogens (primary N) is 1. The zero-order chi connectivity index (χ0) is 22.1. The predicted octanol–water partition coefficient (Wildman–Crippen LogP) is 0.174. The molecule has 1 fully saturated rings. The number of hydrogen-bond acceptors (Lipinski definition) is 8. The van der Waals surface area contributed by atoms with Crippen LogP contribution in [0.2, 0.25) is 0 Å². The van der Waals surface area contributed by atoms with Crippen molar-refractivity contribution in [1.29, 1.82) is 0 Å². The van der Waals surface area contributed by atoms with Gasteiger partial charge in [0.25, 0.3) is 0 Å². The van der Waals surface area contributed by atoms with Gasteiger partial charge in [0.1, 0.15) is 17.8 Å². The highest BCUT2D eigenvalue weighted by Crippen LogP contribution is 2.48. The van der Waals surface area contributed by atoms with Gasteiger partial charge in [-0.1, -0.05) is 50.1 Å². The Morgan fingerprint density at radius 3 is 2.63 bits per heavy atom. The molecule has 0 unspecified atom stereocenters. The van der Waals surface area contributed by atoms with Crippen molar-refractivity contribution < 1.29 is 29.2 Å². The fraction of sp³-hybridized carbons (Fsp3) is 0.450. The van der Waals surface area contributed by atoms with Crippen LogP contribution < -0.4 is 11.4 Å². The molecule has 30 heavy (non-hydrogen) atoms. The lowest BCUT2D eigenvalue weighted by Gasteiger charge is -2.41. The number of nitrogens with zero attached hydrogens (tertiary/aromatic N) is 2. The van der Waals surface area contributed by atoms with Crippen molar-refractivity contribution in [2.45, 2.75) is 49.7 Å². The topological polar surface area (TPSA) is 148 Å². The van der Waals surface area contributed by atoms with Crippen molar-refractivity contribution in [3.8, 4) is 0 Å². The van der Waals surface area contributed by atoms with E-state index in [-0.39, 0.29) is 12.0 Å². The molecule has 4 atom stereocenters. The van der Waals surface area contributed by atoms with Crippen molar-refractivity contribution in [2.24, 2.45) is 0 Å². The molecule has 0 amide bonds. The zero-order valence-electron chi connectivity index (χ0n) is 16.4. The Hall–Kier alpha value is -2.66. The average Bonchev–Trinajstić information content (AvgIpc) is 2.97. The van der Waals surface area contributed by atoms with Crippen molar-refractivity contribution in [2.75, 3.05) is 12.3 Å². The number of carbonyl (C=O) groups is 1. The second kappa shape index (κ2) is 8.23. The second-order valence-electron chi connectivity index (χ2n) is 7.28. The third kappa shape index (κ3) is 3.21. The molecular formula is C20H24FN3O6. The minimum atomic E-state index is -2.57. The van der Waals surface area contributed by atoms with Gasteiger partial charge in [0.15, 0.2) is 11.6 Å². The highest BCUT2D eigenvalue weighted by molar-refractivity contribution is 6.02. The number of nitrogen functional groups attached to an aromatic ring is 1. The van der Waals surface area contributed by atoms with E-state index >= 15 is 0 Å². The molecule has 3 rings (SSSR count). The van der Waals surface area contributed by atoms with Crippen LogP contribution >= 0.6 is 0 Å². The molecule has 1 aromatic carbocycles. The van der Waals surface area contributed by atoms with Crippen LogP contribution in [0.25, 0.3) is 0 Å². The number of Topliss-reactive ketones (excluding diaryl/α,β-unsaturated/α-hetero) is 1. The highest BCUT2D eigenvalue weighted by atomic mass is 19.1. The molecule has 0 spiro atoms. The number of carbonyl (C=O) groups excluding carboxylic acids is 1. The molecule has 1 aromatic heterocycles. The van der Waals surface area contributed by atoms with Crippen LogP contribution in [0.3, 0.4) is 0 Å². The van der Waals surface area contributed by atoms with Gasteiger partial charge in [-0.05, 0) is 6.42 Å². The van der Waals surface area contributed by atoms with E-state index in [0.29, 0.717) is 23.6 Å². The molecule has 9 nitrogen and oxygen atoms in total. The molecule has 2 aromatic rings. The SMILES string of the molecule is CCCC[C@@]1(O)[C@H](O)[C@@H](CO)O[C@@]1(C(=O)c1ccccc1)n1cc(F)c(N)nc1=O. The van der Waals surface area contributed by atoms with E-state index in [1.165, 1.54) is 12.1 Å². The molecule has 162 valence electrons. The van der Waals surface area contributed by atoms with Crippen molar-refractivity contribution in [3.63, 3.8) is 0 Å². The third-order valence-electron chi connectivity index (χ3n) is 5.43. The zero-order valence-corrected chi connectivity index (χ0v) is 16.4. The normalized spacial score (nSPS) is 28.6. The fourth-order valence-electron chi connectivity index (χ4n) is 3.87. The van der Waals surface area contributed by atoms with E-state index in [9.17, 15) is 29.3 Å². The summed E-state index contributed by atoms with van der Waals surface area (Å²) in [5.41, 5.74) is -0.678. The van der Waals surface area contributed by atoms with E-state index < -0.39 is 53.2 Å². The smallest absolute Gasteiger partial charge is 0.352 e.